The molecule has 0 aliphatic carbocycles. The topological polar surface area (TPSA) is 131 Å². The molecule has 0 bridgehead atoms. The first-order valence-corrected chi connectivity index (χ1v) is 12.5. The monoisotopic (exact) mass is 530 g/mol. The third kappa shape index (κ3) is 6.58. The van der Waals surface area contributed by atoms with Crippen LogP contribution in [0.15, 0.2) is 76.7 Å². The Morgan fingerprint density at radius 1 is 1.14 bits per heavy atom. The molecule has 0 spiro atoms. The van der Waals surface area contributed by atoms with Crippen molar-refractivity contribution in [2.24, 2.45) is 5.10 Å². The van der Waals surface area contributed by atoms with Crippen LogP contribution in [0.5, 0.6) is 5.75 Å². The second-order valence-corrected chi connectivity index (χ2v) is 9.78. The zero-order chi connectivity index (χ0) is 26.3. The number of halogens is 1. The average molecular weight is 531 g/mol. The number of carbonyl (C=O) groups is 1. The van der Waals surface area contributed by atoms with Crippen molar-refractivity contribution in [3.8, 4) is 5.75 Å². The molecule has 0 aromatic heterocycles. The van der Waals surface area contributed by atoms with E-state index in [4.69, 9.17) is 16.3 Å². The van der Waals surface area contributed by atoms with Crippen molar-refractivity contribution in [3.05, 3.63) is 93.0 Å². The molecule has 12 heteroatoms. The van der Waals surface area contributed by atoms with E-state index in [1.807, 2.05) is 13.8 Å². The van der Waals surface area contributed by atoms with Crippen molar-refractivity contribution in [2.75, 3.05) is 17.5 Å². The fourth-order valence-electron chi connectivity index (χ4n) is 3.11. The van der Waals surface area contributed by atoms with Crippen LogP contribution in [0.2, 0.25) is 5.02 Å². The van der Waals surface area contributed by atoms with Gasteiger partial charge in [-0.05, 0) is 56.3 Å². The highest BCUT2D eigenvalue weighted by atomic mass is 35.5. The summed E-state index contributed by atoms with van der Waals surface area (Å²) >= 11 is 6.03. The molecule has 0 radical (unpaired) electrons. The summed E-state index contributed by atoms with van der Waals surface area (Å²) in [6.07, 6.45) is 1.14. The third-order valence-corrected chi connectivity index (χ3v) is 7.05. The smallest absolute Gasteiger partial charge is 0.270 e. The minimum Gasteiger partial charge on any atom is -0.494 e. The lowest BCUT2D eigenvalue weighted by atomic mass is 10.2. The number of non-ortho nitro benzene ring substituents is 1. The van der Waals surface area contributed by atoms with Crippen LogP contribution in [0.3, 0.4) is 0 Å². The molecule has 0 aliphatic rings. The number of carbonyl (C=O) groups excluding carboxylic acids is 1. The number of hydrogen-bond donors (Lipinski definition) is 1. The van der Waals surface area contributed by atoms with Crippen LogP contribution in [0.25, 0.3) is 0 Å². The first-order valence-electron chi connectivity index (χ1n) is 10.7. The number of hydrogen-bond acceptors (Lipinski definition) is 7. The van der Waals surface area contributed by atoms with Gasteiger partial charge in [0.25, 0.3) is 21.6 Å². The predicted molar refractivity (Wildman–Crippen MR) is 137 cm³/mol. The lowest BCUT2D eigenvalue weighted by molar-refractivity contribution is -0.384. The summed E-state index contributed by atoms with van der Waals surface area (Å²) in [6, 6.07) is 16.3. The summed E-state index contributed by atoms with van der Waals surface area (Å²) in [5, 5.41) is 14.9. The molecule has 0 unspecified atom stereocenters. The van der Waals surface area contributed by atoms with Crippen LogP contribution in [-0.2, 0) is 14.8 Å². The lowest BCUT2D eigenvalue weighted by Crippen LogP contribution is -2.39. The average Bonchev–Trinajstić information content (AvgIpc) is 2.84. The zero-order valence-electron chi connectivity index (χ0n) is 19.4. The standard InChI is InChI=1S/C24H23ClN4O6S/c1-3-35-21-9-11-22(12-10-21)36(33,34)28(19-6-4-17(2)5-7-19)16-24(30)27-26-15-18-14-20(29(31)32)8-13-23(18)25/h4-15H,3,16H2,1-2H3,(H,27,30)/b26-15-. The van der Waals surface area contributed by atoms with Gasteiger partial charge in [-0.25, -0.2) is 13.8 Å². The van der Waals surface area contributed by atoms with E-state index in [0.717, 1.165) is 16.1 Å². The Hall–Kier alpha value is -3.96. The van der Waals surface area contributed by atoms with E-state index in [1.165, 1.54) is 42.5 Å². The van der Waals surface area contributed by atoms with Crippen LogP contribution >= 0.6 is 11.6 Å². The summed E-state index contributed by atoms with van der Waals surface area (Å²) in [4.78, 5) is 23.0. The van der Waals surface area contributed by atoms with E-state index < -0.39 is 27.4 Å². The van der Waals surface area contributed by atoms with Gasteiger partial charge in [-0.15, -0.1) is 0 Å². The van der Waals surface area contributed by atoms with Crippen molar-refractivity contribution in [2.45, 2.75) is 18.7 Å². The molecule has 10 nitrogen and oxygen atoms in total. The van der Waals surface area contributed by atoms with Gasteiger partial charge in [0.2, 0.25) is 0 Å². The van der Waals surface area contributed by atoms with Crippen LogP contribution < -0.4 is 14.5 Å². The van der Waals surface area contributed by atoms with Gasteiger partial charge in [0.1, 0.15) is 12.3 Å². The van der Waals surface area contributed by atoms with E-state index in [2.05, 4.69) is 10.5 Å². The quantitative estimate of drug-likeness (QED) is 0.236. The number of hydrazone groups is 1. The highest BCUT2D eigenvalue weighted by molar-refractivity contribution is 7.92. The molecule has 0 aliphatic heterocycles. The maximum atomic E-state index is 13.4. The van der Waals surface area contributed by atoms with E-state index >= 15 is 0 Å². The Kier molecular flexibility index (Phi) is 8.62. The van der Waals surface area contributed by atoms with Crippen LogP contribution in [0.4, 0.5) is 11.4 Å². The molecule has 3 aromatic rings. The van der Waals surface area contributed by atoms with Crippen LogP contribution in [0, 0.1) is 17.0 Å². The third-order valence-electron chi connectivity index (χ3n) is 4.92. The number of amides is 1. The largest absolute Gasteiger partial charge is 0.494 e. The Bertz CT molecular complexity index is 1380. The second-order valence-electron chi connectivity index (χ2n) is 7.51. The fourth-order valence-corrected chi connectivity index (χ4v) is 4.70. The van der Waals surface area contributed by atoms with Gasteiger partial charge < -0.3 is 4.74 Å². The second kappa shape index (κ2) is 11.6. The SMILES string of the molecule is CCOc1ccc(S(=O)(=O)N(CC(=O)N/N=C\c2cc([N+](=O)[O-])ccc2Cl)c2ccc(C)cc2)cc1. The van der Waals surface area contributed by atoms with Crippen molar-refractivity contribution in [3.63, 3.8) is 0 Å². The molecular weight excluding hydrogens is 508 g/mol. The van der Waals surface area contributed by atoms with Crippen molar-refractivity contribution >= 4 is 45.1 Å². The first kappa shape index (κ1) is 26.6. The fraction of sp³-hybridized carbons (Fsp3) is 0.167. The van der Waals surface area contributed by atoms with Gasteiger partial charge in [-0.2, -0.15) is 5.10 Å². The lowest BCUT2D eigenvalue weighted by Gasteiger charge is -2.24. The highest BCUT2D eigenvalue weighted by Gasteiger charge is 2.27. The molecule has 3 rings (SSSR count). The van der Waals surface area contributed by atoms with E-state index in [0.29, 0.717) is 12.4 Å². The number of rotatable bonds is 10. The number of nitro benzene ring substituents is 1. The Morgan fingerprint density at radius 3 is 2.42 bits per heavy atom. The number of nitrogens with one attached hydrogen (secondary N) is 1. The minimum atomic E-state index is -4.12. The molecule has 1 amide bonds. The van der Waals surface area contributed by atoms with Gasteiger partial charge in [0.15, 0.2) is 0 Å². The number of anilines is 1. The summed E-state index contributed by atoms with van der Waals surface area (Å²) in [7, 11) is -4.12. The normalized spacial score (nSPS) is 11.3. The van der Waals surface area contributed by atoms with Gasteiger partial charge in [0.05, 0.1) is 28.3 Å². The molecule has 1 N–H and O–H groups in total. The Labute approximate surface area is 213 Å². The molecule has 188 valence electrons. The Morgan fingerprint density at radius 2 is 1.81 bits per heavy atom. The number of aryl methyl sites for hydroxylation is 1. The van der Waals surface area contributed by atoms with Gasteiger partial charge in [0, 0.05) is 22.7 Å². The molecule has 0 fully saturated rings. The number of sulfonamides is 1. The number of ether oxygens (including phenoxy) is 1. The molecule has 0 saturated carbocycles. The molecule has 0 heterocycles. The van der Waals surface area contributed by atoms with Crippen molar-refractivity contribution in [1.29, 1.82) is 0 Å². The Balaban J connectivity index is 1.84. The molecular formula is C24H23ClN4O6S. The minimum absolute atomic E-state index is 0.0220. The molecule has 3 aromatic carbocycles. The van der Waals surface area contributed by atoms with Gasteiger partial charge >= 0.3 is 0 Å². The number of nitrogens with zero attached hydrogens (tertiary/aromatic N) is 3. The molecule has 0 saturated heterocycles. The van der Waals surface area contributed by atoms with Gasteiger partial charge in [-0.1, -0.05) is 29.3 Å². The highest BCUT2D eigenvalue weighted by Crippen LogP contribution is 2.25. The summed E-state index contributed by atoms with van der Waals surface area (Å²) in [5.74, 6) is -0.215. The summed E-state index contributed by atoms with van der Waals surface area (Å²) < 4.78 is 33.2. The number of nitro groups is 1. The van der Waals surface area contributed by atoms with Crippen molar-refractivity contribution < 1.29 is 22.9 Å². The molecule has 36 heavy (non-hydrogen) atoms. The summed E-state index contributed by atoms with van der Waals surface area (Å²) in [6.45, 7) is 3.54. The zero-order valence-corrected chi connectivity index (χ0v) is 21.0. The van der Waals surface area contributed by atoms with Crippen LogP contribution in [-0.4, -0.2) is 38.6 Å². The summed E-state index contributed by atoms with van der Waals surface area (Å²) in [5.41, 5.74) is 3.46. The van der Waals surface area contributed by atoms with Gasteiger partial charge in [-0.3, -0.25) is 19.2 Å². The van der Waals surface area contributed by atoms with E-state index in [9.17, 15) is 23.3 Å². The van der Waals surface area contributed by atoms with Crippen LogP contribution in [0.1, 0.15) is 18.1 Å². The van der Waals surface area contributed by atoms with Crippen molar-refractivity contribution in [1.82, 2.24) is 5.43 Å². The van der Waals surface area contributed by atoms with E-state index in [-0.39, 0.29) is 26.9 Å². The predicted octanol–water partition coefficient (Wildman–Crippen LogP) is 4.30. The first-order chi connectivity index (χ1) is 17.1. The van der Waals surface area contributed by atoms with E-state index in [1.54, 1.807) is 24.3 Å². The number of benzene rings is 3. The maximum Gasteiger partial charge on any atom is 0.270 e. The maximum absolute atomic E-state index is 13.4. The molecule has 0 atom stereocenters.